The van der Waals surface area contributed by atoms with Gasteiger partial charge in [-0.25, -0.2) is 9.59 Å². The summed E-state index contributed by atoms with van der Waals surface area (Å²) in [5.41, 5.74) is 1.46. The van der Waals surface area contributed by atoms with Crippen molar-refractivity contribution in [1.29, 1.82) is 0 Å². The summed E-state index contributed by atoms with van der Waals surface area (Å²) >= 11 is 0. The molecule has 28 heteroatoms. The zero-order valence-electron chi connectivity index (χ0n) is 47.2. The SMILES string of the molecule is COC(=O)[C@@]1(Oc2ccc(CCc3ccc(O[C@]4(C(=O)OC)C[C@H](OC(C)=O)[C@@H](NC(C)=O)[C@H]([C@H](OC(C)=O)[C@@H](COC(C)=O)OC(C)=O)O4)cc3)cc2)C[C@H](OC(C)=O)[C@@H](NC(C)=O)[C@H]([C@H](OC(C)=O)[C@@H](COC(C)=O)OC(C)=O)O1. The van der Waals surface area contributed by atoms with E-state index < -0.39 is 170 Å². The van der Waals surface area contributed by atoms with Gasteiger partial charge in [0.1, 0.15) is 49.1 Å². The summed E-state index contributed by atoms with van der Waals surface area (Å²) in [7, 11) is 2.04. The zero-order chi connectivity index (χ0) is 61.2. The number of hydrogen-bond acceptors (Lipinski definition) is 26. The lowest BCUT2D eigenvalue weighted by Gasteiger charge is -2.48. The van der Waals surface area contributed by atoms with Gasteiger partial charge in [-0.3, -0.25) is 47.9 Å². The molecule has 4 rings (SSSR count). The third-order valence-electron chi connectivity index (χ3n) is 12.1. The predicted molar refractivity (Wildman–Crippen MR) is 272 cm³/mol. The van der Waals surface area contributed by atoms with Gasteiger partial charge in [-0.1, -0.05) is 24.3 Å². The fourth-order valence-electron chi connectivity index (χ4n) is 9.12. The van der Waals surface area contributed by atoms with E-state index in [-0.39, 0.29) is 11.5 Å². The highest BCUT2D eigenvalue weighted by molar-refractivity contribution is 5.80. The predicted octanol–water partition coefficient (Wildman–Crippen LogP) is 1.27. The van der Waals surface area contributed by atoms with E-state index >= 15 is 0 Å². The Morgan fingerprint density at radius 2 is 0.780 bits per heavy atom. The summed E-state index contributed by atoms with van der Waals surface area (Å²) in [5.74, 6) is -15.8. The Morgan fingerprint density at radius 3 is 1.04 bits per heavy atom. The molecule has 0 bridgehead atoms. The van der Waals surface area contributed by atoms with Crippen LogP contribution in [-0.4, -0.2) is 171 Å². The third kappa shape index (κ3) is 19.1. The van der Waals surface area contributed by atoms with Gasteiger partial charge in [0, 0.05) is 69.2 Å². The molecule has 82 heavy (non-hydrogen) atoms. The average molecular weight is 1160 g/mol. The van der Waals surface area contributed by atoms with Crippen LogP contribution in [0.1, 0.15) is 93.2 Å². The summed E-state index contributed by atoms with van der Waals surface area (Å²) in [6, 6.07) is 9.74. The van der Waals surface area contributed by atoms with Crippen molar-refractivity contribution in [2.75, 3.05) is 27.4 Å². The van der Waals surface area contributed by atoms with Gasteiger partial charge >= 0.3 is 71.3 Å². The monoisotopic (exact) mass is 1160 g/mol. The third-order valence-corrected chi connectivity index (χ3v) is 12.1. The van der Waals surface area contributed by atoms with Crippen LogP contribution >= 0.6 is 0 Å². The number of amides is 2. The molecule has 0 aromatic heterocycles. The summed E-state index contributed by atoms with van der Waals surface area (Å²) in [4.78, 5) is 152. The topological polar surface area (TPSA) is 358 Å². The highest BCUT2D eigenvalue weighted by atomic mass is 16.8. The molecule has 0 saturated carbocycles. The Hall–Kier alpha value is -8.40. The first-order chi connectivity index (χ1) is 38.5. The van der Waals surface area contributed by atoms with Gasteiger partial charge in [-0.05, 0) is 48.2 Å². The van der Waals surface area contributed by atoms with Crippen LogP contribution in [0.15, 0.2) is 48.5 Å². The van der Waals surface area contributed by atoms with E-state index in [4.69, 9.17) is 66.3 Å². The number of carbonyl (C=O) groups is 12. The molecule has 2 aliphatic rings. The van der Waals surface area contributed by atoms with Gasteiger partial charge < -0.3 is 76.9 Å². The van der Waals surface area contributed by atoms with E-state index in [0.717, 1.165) is 94.6 Å². The molecule has 0 aliphatic carbocycles. The van der Waals surface area contributed by atoms with Crippen LogP contribution in [0.4, 0.5) is 0 Å². The molecular formula is C54H68N2O26. The molecule has 2 saturated heterocycles. The van der Waals surface area contributed by atoms with E-state index in [9.17, 15) is 57.5 Å². The average Bonchev–Trinajstić information content (AvgIpc) is 2.19. The largest absolute Gasteiger partial charge is 0.464 e. The number of carbonyl (C=O) groups excluding carboxylic acids is 12. The van der Waals surface area contributed by atoms with Gasteiger partial charge in [0.15, 0.2) is 24.4 Å². The van der Waals surface area contributed by atoms with Crippen molar-refractivity contribution in [3.05, 3.63) is 59.7 Å². The molecule has 2 aromatic rings. The molecular weight excluding hydrogens is 1090 g/mol. The number of ether oxygens (including phenoxy) is 14. The van der Waals surface area contributed by atoms with Gasteiger partial charge in [0.2, 0.25) is 11.8 Å². The molecule has 0 radical (unpaired) electrons. The maximum absolute atomic E-state index is 13.9. The van der Waals surface area contributed by atoms with E-state index in [1.807, 2.05) is 0 Å². The van der Waals surface area contributed by atoms with Gasteiger partial charge in [-0.2, -0.15) is 0 Å². The van der Waals surface area contributed by atoms with Crippen LogP contribution in [0.5, 0.6) is 11.5 Å². The smallest absolute Gasteiger partial charge is 0.379 e. The number of methoxy groups -OCH3 is 2. The van der Waals surface area contributed by atoms with Crippen molar-refractivity contribution < 1.29 is 124 Å². The fourth-order valence-corrected chi connectivity index (χ4v) is 9.12. The molecule has 0 spiro atoms. The first kappa shape index (κ1) is 66.1. The number of esters is 10. The van der Waals surface area contributed by atoms with Crippen LogP contribution in [0.25, 0.3) is 0 Å². The number of benzene rings is 2. The number of nitrogens with one attached hydrogen (secondary N) is 2. The molecule has 0 unspecified atom stereocenters. The lowest BCUT2D eigenvalue weighted by molar-refractivity contribution is -0.289. The van der Waals surface area contributed by atoms with Gasteiger partial charge in [-0.15, -0.1) is 0 Å². The van der Waals surface area contributed by atoms with E-state index in [1.165, 1.54) is 24.3 Å². The zero-order valence-corrected chi connectivity index (χ0v) is 47.2. The Morgan fingerprint density at radius 1 is 0.463 bits per heavy atom. The minimum absolute atomic E-state index is 0.00551. The lowest BCUT2D eigenvalue weighted by atomic mass is 9.88. The summed E-state index contributed by atoms with van der Waals surface area (Å²) < 4.78 is 79.1. The normalized spacial score (nSPS) is 23.4. The van der Waals surface area contributed by atoms with Crippen LogP contribution in [0.3, 0.4) is 0 Å². The maximum atomic E-state index is 13.9. The van der Waals surface area contributed by atoms with Crippen molar-refractivity contribution in [2.24, 2.45) is 0 Å². The van der Waals surface area contributed by atoms with Gasteiger partial charge in [0.05, 0.1) is 39.1 Å². The number of rotatable bonds is 25. The van der Waals surface area contributed by atoms with Crippen LogP contribution in [0.2, 0.25) is 0 Å². The van der Waals surface area contributed by atoms with Crippen molar-refractivity contribution in [2.45, 2.75) is 167 Å². The van der Waals surface area contributed by atoms with Crippen molar-refractivity contribution in [3.8, 4) is 11.5 Å². The van der Waals surface area contributed by atoms with E-state index in [2.05, 4.69) is 10.6 Å². The quantitative estimate of drug-likeness (QED) is 0.104. The number of aryl methyl sites for hydroxylation is 2. The molecule has 450 valence electrons. The fraction of sp³-hybridized carbons (Fsp3) is 0.556. The van der Waals surface area contributed by atoms with Crippen LogP contribution in [0, 0.1) is 0 Å². The minimum atomic E-state index is -2.52. The second-order valence-electron chi connectivity index (χ2n) is 18.9. The van der Waals surface area contributed by atoms with Crippen molar-refractivity contribution >= 4 is 71.5 Å². The molecule has 2 N–H and O–H groups in total. The summed E-state index contributed by atoms with van der Waals surface area (Å²) in [5, 5.41) is 5.18. The molecule has 28 nitrogen and oxygen atoms in total. The molecule has 2 aromatic carbocycles. The minimum Gasteiger partial charge on any atom is -0.464 e. The molecule has 2 amide bonds. The molecule has 12 atom stereocenters. The highest BCUT2D eigenvalue weighted by Gasteiger charge is 2.62. The second-order valence-corrected chi connectivity index (χ2v) is 18.9. The van der Waals surface area contributed by atoms with Crippen molar-refractivity contribution in [1.82, 2.24) is 10.6 Å². The Balaban J connectivity index is 1.68. The van der Waals surface area contributed by atoms with Gasteiger partial charge in [0.25, 0.3) is 0 Å². The highest BCUT2D eigenvalue weighted by Crippen LogP contribution is 2.40. The molecule has 2 aliphatic heterocycles. The Kier molecular flexibility index (Phi) is 24.1. The Labute approximate surface area is 470 Å². The standard InChI is InChI=1S/C54H68N2O26/c1-27(57)55-45-41(73-31(5)61)23-53(51(67)69-11,81-49(45)47(77-35(9)65)43(75-33(7)63)25-71-29(3)59)79-39-19-15-37(16-20-39)13-14-38-17-21-40(22-18-38)80-54(52(68)70-12)24-42(74-32(6)62)46(56-28(2)58)50(82-54)48(78-36(10)66)44(76-34(8)64)26-72-30(4)60/h15-22,41-50H,13-14,23-26H2,1-12H3,(H,55,57)(H,56,58)/t41-,42-,43+,44+,45+,46+,47+,48+,49+,50+,53+,54+/m0/s1. The van der Waals surface area contributed by atoms with Crippen LogP contribution < -0.4 is 20.1 Å². The summed E-state index contributed by atoms with van der Waals surface area (Å²) in [6.45, 7) is 9.21. The lowest BCUT2D eigenvalue weighted by Crippen LogP contribution is -2.70. The van der Waals surface area contributed by atoms with Crippen molar-refractivity contribution in [3.63, 3.8) is 0 Å². The van der Waals surface area contributed by atoms with E-state index in [0.29, 0.717) is 12.8 Å². The Bertz CT molecular complexity index is 2480. The molecule has 2 heterocycles. The van der Waals surface area contributed by atoms with Crippen LogP contribution in [-0.2, 0) is 127 Å². The summed E-state index contributed by atoms with van der Waals surface area (Å²) in [6.07, 6.45) is -13.6. The van der Waals surface area contributed by atoms with E-state index in [1.54, 1.807) is 24.3 Å². The second kappa shape index (κ2) is 29.9. The first-order valence-electron chi connectivity index (χ1n) is 25.4. The first-order valence-corrected chi connectivity index (χ1v) is 25.4. The number of hydrogen-bond donors (Lipinski definition) is 2. The maximum Gasteiger partial charge on any atom is 0.379 e. The molecule has 2 fully saturated rings.